The maximum absolute atomic E-state index is 12.1. The highest BCUT2D eigenvalue weighted by Crippen LogP contribution is 2.26. The smallest absolute Gasteiger partial charge is 0.257 e. The highest BCUT2D eigenvalue weighted by atomic mass is 32.2. The minimum atomic E-state index is -0.135. The number of fused-ring (bicyclic) bond motifs is 1. The molecule has 118 valence electrons. The fourth-order valence-corrected chi connectivity index (χ4v) is 2.72. The van der Waals surface area contributed by atoms with Gasteiger partial charge in [-0.1, -0.05) is 36.0 Å². The molecular formula is C17H16N2O3S. The minimum absolute atomic E-state index is 0.135. The molecule has 0 saturated heterocycles. The van der Waals surface area contributed by atoms with Crippen molar-refractivity contribution in [2.24, 2.45) is 0 Å². The average Bonchev–Trinajstić information content (AvgIpc) is 2.98. The number of thioether (sulfide) groups is 1. The summed E-state index contributed by atoms with van der Waals surface area (Å²) in [4.78, 5) is 16.4. The number of para-hydroxylation sites is 4. The monoisotopic (exact) mass is 328 g/mol. The Morgan fingerprint density at radius 2 is 2.00 bits per heavy atom. The summed E-state index contributed by atoms with van der Waals surface area (Å²) in [5.41, 5.74) is 2.17. The zero-order valence-electron chi connectivity index (χ0n) is 12.6. The molecule has 0 radical (unpaired) electrons. The van der Waals surface area contributed by atoms with E-state index < -0.39 is 0 Å². The Labute approximate surface area is 138 Å². The van der Waals surface area contributed by atoms with E-state index in [9.17, 15) is 4.79 Å². The van der Waals surface area contributed by atoms with Crippen LogP contribution >= 0.6 is 11.8 Å². The summed E-state index contributed by atoms with van der Waals surface area (Å²) < 4.78 is 11.1. The SMILES string of the molecule is CCOc1ccccc1NC(=O)CSc1nc2ccccc2o1. The number of nitrogens with zero attached hydrogens (tertiary/aromatic N) is 1. The summed E-state index contributed by atoms with van der Waals surface area (Å²) >= 11 is 1.26. The van der Waals surface area contributed by atoms with Crippen LogP contribution < -0.4 is 10.1 Å². The van der Waals surface area contributed by atoms with E-state index in [1.165, 1.54) is 11.8 Å². The summed E-state index contributed by atoms with van der Waals surface area (Å²) in [6, 6.07) is 14.9. The van der Waals surface area contributed by atoms with Gasteiger partial charge in [-0.15, -0.1) is 0 Å². The molecule has 1 aromatic heterocycles. The molecule has 0 aliphatic rings. The maximum atomic E-state index is 12.1. The van der Waals surface area contributed by atoms with Crippen LogP contribution in [0.3, 0.4) is 0 Å². The van der Waals surface area contributed by atoms with Gasteiger partial charge < -0.3 is 14.5 Å². The third-order valence-corrected chi connectivity index (χ3v) is 3.89. The lowest BCUT2D eigenvalue weighted by molar-refractivity contribution is -0.113. The molecule has 3 aromatic rings. The van der Waals surface area contributed by atoms with E-state index in [2.05, 4.69) is 10.3 Å². The molecule has 5 nitrogen and oxygen atoms in total. The highest BCUT2D eigenvalue weighted by molar-refractivity contribution is 7.99. The number of ether oxygens (including phenoxy) is 1. The fraction of sp³-hybridized carbons (Fsp3) is 0.176. The number of hydrogen-bond donors (Lipinski definition) is 1. The quantitative estimate of drug-likeness (QED) is 0.694. The van der Waals surface area contributed by atoms with E-state index in [1.807, 2.05) is 55.5 Å². The van der Waals surface area contributed by atoms with Crippen molar-refractivity contribution in [1.29, 1.82) is 0 Å². The molecule has 0 saturated carbocycles. The van der Waals surface area contributed by atoms with Gasteiger partial charge in [-0.3, -0.25) is 4.79 Å². The Kier molecular flexibility index (Phi) is 4.83. The van der Waals surface area contributed by atoms with Crippen LogP contribution in [0.15, 0.2) is 58.2 Å². The van der Waals surface area contributed by atoms with Crippen LogP contribution in [0.25, 0.3) is 11.1 Å². The van der Waals surface area contributed by atoms with Gasteiger partial charge in [0, 0.05) is 0 Å². The maximum Gasteiger partial charge on any atom is 0.257 e. The van der Waals surface area contributed by atoms with Crippen molar-refractivity contribution in [2.75, 3.05) is 17.7 Å². The van der Waals surface area contributed by atoms with Crippen molar-refractivity contribution in [3.63, 3.8) is 0 Å². The van der Waals surface area contributed by atoms with Gasteiger partial charge in [0.15, 0.2) is 5.58 Å². The van der Waals surface area contributed by atoms with Gasteiger partial charge in [0.2, 0.25) is 5.91 Å². The highest BCUT2D eigenvalue weighted by Gasteiger charge is 2.11. The van der Waals surface area contributed by atoms with Gasteiger partial charge in [-0.2, -0.15) is 0 Å². The van der Waals surface area contributed by atoms with E-state index in [0.717, 1.165) is 11.1 Å². The lowest BCUT2D eigenvalue weighted by Crippen LogP contribution is -2.14. The van der Waals surface area contributed by atoms with Gasteiger partial charge in [-0.25, -0.2) is 4.98 Å². The molecule has 1 heterocycles. The third kappa shape index (κ3) is 3.84. The second-order valence-electron chi connectivity index (χ2n) is 4.71. The van der Waals surface area contributed by atoms with E-state index in [-0.39, 0.29) is 11.7 Å². The normalized spacial score (nSPS) is 10.7. The van der Waals surface area contributed by atoms with Crippen LogP contribution in [0.4, 0.5) is 5.69 Å². The molecule has 0 aliphatic carbocycles. The first-order chi connectivity index (χ1) is 11.3. The third-order valence-electron chi connectivity index (χ3n) is 3.06. The number of hydrogen-bond acceptors (Lipinski definition) is 5. The van der Waals surface area contributed by atoms with Crippen molar-refractivity contribution in [1.82, 2.24) is 4.98 Å². The number of carbonyl (C=O) groups excluding carboxylic acids is 1. The molecule has 23 heavy (non-hydrogen) atoms. The van der Waals surface area contributed by atoms with E-state index in [4.69, 9.17) is 9.15 Å². The minimum Gasteiger partial charge on any atom is -0.492 e. The lowest BCUT2D eigenvalue weighted by atomic mass is 10.3. The van der Waals surface area contributed by atoms with Gasteiger partial charge >= 0.3 is 0 Å². The number of amides is 1. The van der Waals surface area contributed by atoms with Crippen LogP contribution in [0.2, 0.25) is 0 Å². The van der Waals surface area contributed by atoms with Crippen molar-refractivity contribution in [3.05, 3.63) is 48.5 Å². The molecule has 0 spiro atoms. The van der Waals surface area contributed by atoms with E-state index in [1.54, 1.807) is 0 Å². The molecule has 0 bridgehead atoms. The van der Waals surface area contributed by atoms with E-state index in [0.29, 0.717) is 23.3 Å². The molecule has 1 amide bonds. The number of anilines is 1. The molecule has 0 aliphatic heterocycles. The number of carbonyl (C=O) groups is 1. The topological polar surface area (TPSA) is 64.4 Å². The molecule has 1 N–H and O–H groups in total. The first-order valence-corrected chi connectivity index (χ1v) is 8.25. The van der Waals surface area contributed by atoms with Crippen molar-refractivity contribution in [2.45, 2.75) is 12.1 Å². The first kappa shape index (κ1) is 15.4. The van der Waals surface area contributed by atoms with Gasteiger partial charge in [0.1, 0.15) is 11.3 Å². The second-order valence-corrected chi connectivity index (χ2v) is 5.64. The van der Waals surface area contributed by atoms with Crippen LogP contribution in [-0.2, 0) is 4.79 Å². The van der Waals surface area contributed by atoms with Gasteiger partial charge in [0.05, 0.1) is 18.0 Å². The number of aromatic nitrogens is 1. The van der Waals surface area contributed by atoms with E-state index >= 15 is 0 Å². The van der Waals surface area contributed by atoms with Crippen LogP contribution in [0.1, 0.15) is 6.92 Å². The molecule has 0 atom stereocenters. The average molecular weight is 328 g/mol. The van der Waals surface area contributed by atoms with Crippen molar-refractivity contribution < 1.29 is 13.9 Å². The predicted molar refractivity (Wildman–Crippen MR) is 91.0 cm³/mol. The Balaban J connectivity index is 1.61. The molecule has 6 heteroatoms. The fourth-order valence-electron chi connectivity index (χ4n) is 2.08. The Morgan fingerprint density at radius 3 is 2.83 bits per heavy atom. The Morgan fingerprint density at radius 1 is 1.22 bits per heavy atom. The summed E-state index contributed by atoms with van der Waals surface area (Å²) in [5, 5.41) is 3.33. The standard InChI is InChI=1S/C17H16N2O3S/c1-2-21-14-9-5-3-7-12(14)18-16(20)11-23-17-19-13-8-4-6-10-15(13)22-17/h3-10H,2,11H2,1H3,(H,18,20). The zero-order chi connectivity index (χ0) is 16.1. The van der Waals surface area contributed by atoms with Crippen molar-refractivity contribution in [3.8, 4) is 5.75 Å². The van der Waals surface area contributed by atoms with Crippen LogP contribution in [-0.4, -0.2) is 23.3 Å². The lowest BCUT2D eigenvalue weighted by Gasteiger charge is -2.10. The molecule has 0 fully saturated rings. The van der Waals surface area contributed by atoms with Crippen LogP contribution in [0.5, 0.6) is 5.75 Å². The summed E-state index contributed by atoms with van der Waals surface area (Å²) in [6.45, 7) is 2.45. The number of rotatable bonds is 6. The second kappa shape index (κ2) is 7.19. The number of oxazole rings is 1. The number of nitrogens with one attached hydrogen (secondary N) is 1. The first-order valence-electron chi connectivity index (χ1n) is 7.26. The number of benzene rings is 2. The van der Waals surface area contributed by atoms with Gasteiger partial charge in [0.25, 0.3) is 5.22 Å². The van der Waals surface area contributed by atoms with Crippen molar-refractivity contribution >= 4 is 34.5 Å². The zero-order valence-corrected chi connectivity index (χ0v) is 13.4. The van der Waals surface area contributed by atoms with Crippen LogP contribution in [0, 0.1) is 0 Å². The Bertz CT molecular complexity index is 783. The molecule has 3 rings (SSSR count). The molecule has 0 unspecified atom stereocenters. The summed E-state index contributed by atoms with van der Waals surface area (Å²) in [5.74, 6) is 0.743. The Hall–Kier alpha value is -2.47. The summed E-state index contributed by atoms with van der Waals surface area (Å²) in [7, 11) is 0. The summed E-state index contributed by atoms with van der Waals surface area (Å²) in [6.07, 6.45) is 0. The molecule has 2 aromatic carbocycles. The van der Waals surface area contributed by atoms with Gasteiger partial charge in [-0.05, 0) is 31.2 Å². The molecular weight excluding hydrogens is 312 g/mol. The largest absolute Gasteiger partial charge is 0.492 e. The predicted octanol–water partition coefficient (Wildman–Crippen LogP) is 3.96.